The average Bonchev–Trinajstić information content (AvgIpc) is 2.53. The molecule has 2 rings (SSSR count). The van der Waals surface area contributed by atoms with E-state index in [-0.39, 0.29) is 17.9 Å². The largest absolute Gasteiger partial charge is 0.497 e. The van der Waals surface area contributed by atoms with Crippen LogP contribution in [0.2, 0.25) is 0 Å². The summed E-state index contributed by atoms with van der Waals surface area (Å²) in [6, 6.07) is 7.79. The first-order valence-electron chi connectivity index (χ1n) is 7.96. The van der Waals surface area contributed by atoms with Gasteiger partial charge in [-0.05, 0) is 37.1 Å². The number of benzene rings is 1. The fraction of sp³-hybridized carbons (Fsp3) is 0.529. The molecule has 6 heteroatoms. The molecule has 126 valence electrons. The van der Waals surface area contributed by atoms with E-state index in [4.69, 9.17) is 4.74 Å². The summed E-state index contributed by atoms with van der Waals surface area (Å²) < 4.78 is 5.17. The number of hydrogen-bond acceptors (Lipinski definition) is 4. The van der Waals surface area contributed by atoms with Gasteiger partial charge in [0.25, 0.3) is 0 Å². The van der Waals surface area contributed by atoms with E-state index < -0.39 is 0 Å². The fourth-order valence-corrected chi connectivity index (χ4v) is 2.85. The lowest BCUT2D eigenvalue weighted by Gasteiger charge is -2.32. The molecule has 0 aliphatic carbocycles. The number of nitrogens with zero attached hydrogens (tertiary/aromatic N) is 1. The molecular weight excluding hydrogens is 294 g/mol. The van der Waals surface area contributed by atoms with E-state index in [1.165, 1.54) is 6.92 Å². The minimum Gasteiger partial charge on any atom is -0.497 e. The quantitative estimate of drug-likeness (QED) is 0.818. The van der Waals surface area contributed by atoms with Gasteiger partial charge in [-0.2, -0.15) is 0 Å². The first kappa shape index (κ1) is 17.3. The van der Waals surface area contributed by atoms with E-state index in [2.05, 4.69) is 15.5 Å². The van der Waals surface area contributed by atoms with Crippen molar-refractivity contribution in [2.75, 3.05) is 26.7 Å². The summed E-state index contributed by atoms with van der Waals surface area (Å²) in [6.45, 7) is 3.99. The lowest BCUT2D eigenvalue weighted by molar-refractivity contribution is -0.122. The van der Waals surface area contributed by atoms with Crippen molar-refractivity contribution in [1.82, 2.24) is 15.5 Å². The van der Waals surface area contributed by atoms with Crippen molar-refractivity contribution in [3.05, 3.63) is 29.8 Å². The van der Waals surface area contributed by atoms with Crippen LogP contribution in [-0.4, -0.2) is 49.5 Å². The summed E-state index contributed by atoms with van der Waals surface area (Å²) >= 11 is 0. The standard InChI is InChI=1S/C17H25N3O3/c1-13(21)19-15-6-4-8-20(11-15)12-17(22)18-10-14-5-3-7-16(9-14)23-2/h3,5,7,9,15H,4,6,8,10-12H2,1-2H3,(H,18,22)(H,19,21). The van der Waals surface area contributed by atoms with Crippen molar-refractivity contribution in [2.45, 2.75) is 32.4 Å². The molecule has 1 unspecified atom stereocenters. The van der Waals surface area contributed by atoms with Gasteiger partial charge in [-0.1, -0.05) is 12.1 Å². The lowest BCUT2D eigenvalue weighted by atomic mass is 10.1. The molecule has 1 fully saturated rings. The number of nitrogens with one attached hydrogen (secondary N) is 2. The summed E-state index contributed by atoms with van der Waals surface area (Å²) in [5.74, 6) is 0.765. The molecule has 1 aromatic rings. The highest BCUT2D eigenvalue weighted by Crippen LogP contribution is 2.12. The molecule has 0 aromatic heterocycles. The van der Waals surface area contributed by atoms with Gasteiger partial charge in [0.15, 0.2) is 0 Å². The van der Waals surface area contributed by atoms with Crippen molar-refractivity contribution < 1.29 is 14.3 Å². The Labute approximate surface area is 137 Å². The third kappa shape index (κ3) is 5.90. The monoisotopic (exact) mass is 319 g/mol. The lowest BCUT2D eigenvalue weighted by Crippen LogP contribution is -2.49. The summed E-state index contributed by atoms with van der Waals surface area (Å²) in [5.41, 5.74) is 1.01. The molecule has 1 saturated heterocycles. The Kier molecular flexibility index (Phi) is 6.40. The zero-order valence-corrected chi connectivity index (χ0v) is 13.8. The summed E-state index contributed by atoms with van der Waals surface area (Å²) in [5, 5.41) is 5.86. The normalized spacial score (nSPS) is 18.3. The third-order valence-corrected chi connectivity index (χ3v) is 3.90. The molecule has 0 radical (unpaired) electrons. The zero-order valence-electron chi connectivity index (χ0n) is 13.8. The Hall–Kier alpha value is -2.08. The van der Waals surface area contributed by atoms with Crippen molar-refractivity contribution in [2.24, 2.45) is 0 Å². The average molecular weight is 319 g/mol. The summed E-state index contributed by atoms with van der Waals surface area (Å²) in [4.78, 5) is 25.3. The van der Waals surface area contributed by atoms with Gasteiger partial charge in [-0.15, -0.1) is 0 Å². The van der Waals surface area contributed by atoms with Crippen LogP contribution in [0.15, 0.2) is 24.3 Å². The van der Waals surface area contributed by atoms with Gasteiger partial charge in [0, 0.05) is 26.1 Å². The maximum absolute atomic E-state index is 12.1. The van der Waals surface area contributed by atoms with Crippen LogP contribution in [0.4, 0.5) is 0 Å². The Morgan fingerprint density at radius 3 is 2.96 bits per heavy atom. The van der Waals surface area contributed by atoms with E-state index in [1.807, 2.05) is 24.3 Å². The number of likely N-dealkylation sites (tertiary alicyclic amines) is 1. The molecule has 23 heavy (non-hydrogen) atoms. The first-order chi connectivity index (χ1) is 11.1. The molecule has 0 bridgehead atoms. The molecular formula is C17H25N3O3. The predicted octanol–water partition coefficient (Wildman–Crippen LogP) is 0.912. The first-order valence-corrected chi connectivity index (χ1v) is 7.96. The summed E-state index contributed by atoms with van der Waals surface area (Å²) in [7, 11) is 1.62. The number of methoxy groups -OCH3 is 1. The number of hydrogen-bond donors (Lipinski definition) is 2. The molecule has 1 aliphatic rings. The van der Waals surface area contributed by atoms with Gasteiger partial charge >= 0.3 is 0 Å². The second-order valence-corrected chi connectivity index (χ2v) is 5.90. The summed E-state index contributed by atoms with van der Waals surface area (Å²) in [6.07, 6.45) is 1.97. The Morgan fingerprint density at radius 1 is 1.39 bits per heavy atom. The molecule has 1 atom stereocenters. The number of ether oxygens (including phenoxy) is 1. The smallest absolute Gasteiger partial charge is 0.234 e. The topological polar surface area (TPSA) is 70.7 Å². The van der Waals surface area contributed by atoms with Crippen LogP contribution in [0.1, 0.15) is 25.3 Å². The van der Waals surface area contributed by atoms with Crippen LogP contribution >= 0.6 is 0 Å². The highest BCUT2D eigenvalue weighted by atomic mass is 16.5. The minimum atomic E-state index is -0.0145. The van der Waals surface area contributed by atoms with Crippen LogP contribution in [-0.2, 0) is 16.1 Å². The molecule has 2 N–H and O–H groups in total. The van der Waals surface area contributed by atoms with Crippen molar-refractivity contribution in [1.29, 1.82) is 0 Å². The zero-order chi connectivity index (χ0) is 16.7. The Morgan fingerprint density at radius 2 is 2.22 bits per heavy atom. The number of piperidine rings is 1. The predicted molar refractivity (Wildman–Crippen MR) is 88.1 cm³/mol. The third-order valence-electron chi connectivity index (χ3n) is 3.90. The molecule has 1 aromatic carbocycles. The fourth-order valence-electron chi connectivity index (χ4n) is 2.85. The number of carbonyl (C=O) groups excluding carboxylic acids is 2. The van der Waals surface area contributed by atoms with Crippen molar-refractivity contribution in [3.63, 3.8) is 0 Å². The van der Waals surface area contributed by atoms with E-state index >= 15 is 0 Å². The van der Waals surface area contributed by atoms with Crippen LogP contribution in [0, 0.1) is 0 Å². The minimum absolute atomic E-state index is 0.00343. The highest BCUT2D eigenvalue weighted by Gasteiger charge is 2.21. The molecule has 1 aliphatic heterocycles. The molecule has 0 spiro atoms. The molecule has 0 saturated carbocycles. The number of carbonyl (C=O) groups is 2. The van der Waals surface area contributed by atoms with E-state index in [0.29, 0.717) is 13.1 Å². The van der Waals surface area contributed by atoms with Crippen LogP contribution in [0.5, 0.6) is 5.75 Å². The van der Waals surface area contributed by atoms with Gasteiger partial charge in [0.2, 0.25) is 11.8 Å². The second kappa shape index (κ2) is 8.53. The van der Waals surface area contributed by atoms with E-state index in [0.717, 1.165) is 37.2 Å². The van der Waals surface area contributed by atoms with E-state index in [1.54, 1.807) is 7.11 Å². The van der Waals surface area contributed by atoms with E-state index in [9.17, 15) is 9.59 Å². The van der Waals surface area contributed by atoms with Crippen molar-refractivity contribution in [3.8, 4) is 5.75 Å². The van der Waals surface area contributed by atoms with Gasteiger partial charge in [-0.3, -0.25) is 14.5 Å². The number of amides is 2. The van der Waals surface area contributed by atoms with Gasteiger partial charge in [-0.25, -0.2) is 0 Å². The maximum Gasteiger partial charge on any atom is 0.234 e. The second-order valence-electron chi connectivity index (χ2n) is 5.90. The number of rotatable bonds is 6. The Bertz CT molecular complexity index is 548. The molecule has 2 amide bonds. The van der Waals surface area contributed by atoms with Gasteiger partial charge < -0.3 is 15.4 Å². The van der Waals surface area contributed by atoms with Gasteiger partial charge in [0.1, 0.15) is 5.75 Å². The maximum atomic E-state index is 12.1. The van der Waals surface area contributed by atoms with Crippen LogP contribution in [0.25, 0.3) is 0 Å². The van der Waals surface area contributed by atoms with Gasteiger partial charge in [0.05, 0.1) is 13.7 Å². The molecule has 6 nitrogen and oxygen atoms in total. The van der Waals surface area contributed by atoms with Crippen LogP contribution < -0.4 is 15.4 Å². The highest BCUT2D eigenvalue weighted by molar-refractivity contribution is 5.78. The van der Waals surface area contributed by atoms with Crippen LogP contribution in [0.3, 0.4) is 0 Å². The SMILES string of the molecule is COc1cccc(CNC(=O)CN2CCCC(NC(C)=O)C2)c1. The Balaban J connectivity index is 1.76. The van der Waals surface area contributed by atoms with Crippen molar-refractivity contribution >= 4 is 11.8 Å². The molecule has 1 heterocycles.